The maximum absolute atomic E-state index is 10.5. The largest absolute Gasteiger partial charge is 0.478 e. The molecule has 0 bridgehead atoms. The number of carboxylic acids is 2. The molecule has 0 amide bonds. The predicted octanol–water partition coefficient (Wildman–Crippen LogP) is 5.72. The van der Waals surface area contributed by atoms with Gasteiger partial charge in [-0.2, -0.15) is 0 Å². The molecule has 2 fully saturated rings. The Balaban J connectivity index is 0.000000241. The van der Waals surface area contributed by atoms with Gasteiger partial charge >= 0.3 is 11.9 Å². The molecule has 0 unspecified atom stereocenters. The molecule has 2 aliphatic rings. The summed E-state index contributed by atoms with van der Waals surface area (Å²) in [4.78, 5) is 20.9. The van der Waals surface area contributed by atoms with E-state index in [1.807, 2.05) is 0 Å². The molecule has 2 aliphatic heterocycles. The van der Waals surface area contributed by atoms with Crippen LogP contribution in [0.1, 0.15) is 115 Å². The summed E-state index contributed by atoms with van der Waals surface area (Å²) in [6.07, 6.45) is 8.00. The van der Waals surface area contributed by atoms with E-state index in [2.05, 4.69) is 66.0 Å². The summed E-state index contributed by atoms with van der Waals surface area (Å²) in [7, 11) is 0. The first-order valence-corrected chi connectivity index (χ1v) is 11.6. The monoisotopic (exact) mass is 448 g/mol. The second-order valence-electron chi connectivity index (χ2n) is 11.6. The van der Waals surface area contributed by atoms with Gasteiger partial charge in [0.05, 0.1) is 11.1 Å². The highest BCUT2D eigenvalue weighted by Gasteiger charge is 2.32. The highest BCUT2D eigenvalue weighted by atomic mass is 16.4. The van der Waals surface area contributed by atoms with Crippen LogP contribution in [0.25, 0.3) is 0 Å². The van der Waals surface area contributed by atoms with Crippen molar-refractivity contribution in [2.45, 2.75) is 116 Å². The summed E-state index contributed by atoms with van der Waals surface area (Å²) in [5, 5.41) is 24.4. The average molecular weight is 449 g/mol. The lowest BCUT2D eigenvalue weighted by Gasteiger charge is -2.42. The molecule has 2 heterocycles. The zero-order valence-electron chi connectivity index (χ0n) is 21.3. The molecule has 3 rings (SSSR count). The Hall–Kier alpha value is -1.92. The van der Waals surface area contributed by atoms with Crippen LogP contribution in [0.15, 0.2) is 24.3 Å². The van der Waals surface area contributed by atoms with Crippen LogP contribution in [0.5, 0.6) is 0 Å². The van der Waals surface area contributed by atoms with Crippen molar-refractivity contribution in [3.8, 4) is 0 Å². The van der Waals surface area contributed by atoms with E-state index in [0.717, 1.165) is 0 Å². The lowest BCUT2D eigenvalue weighted by atomic mass is 9.83. The Morgan fingerprint density at radius 2 is 0.875 bits per heavy atom. The molecule has 0 aromatic heterocycles. The molecule has 32 heavy (non-hydrogen) atoms. The zero-order valence-corrected chi connectivity index (χ0v) is 21.3. The van der Waals surface area contributed by atoms with Crippen molar-refractivity contribution in [3.05, 3.63) is 35.4 Å². The third-order valence-corrected chi connectivity index (χ3v) is 5.95. The van der Waals surface area contributed by atoms with Crippen molar-refractivity contribution >= 4 is 11.9 Å². The number of hydrogen-bond donors (Lipinski definition) is 4. The van der Waals surface area contributed by atoms with Gasteiger partial charge in [0.2, 0.25) is 0 Å². The molecular weight excluding hydrogens is 404 g/mol. The number of benzene rings is 1. The van der Waals surface area contributed by atoms with E-state index in [4.69, 9.17) is 10.2 Å². The van der Waals surface area contributed by atoms with Crippen LogP contribution in [0.3, 0.4) is 0 Å². The van der Waals surface area contributed by atoms with Crippen molar-refractivity contribution < 1.29 is 19.8 Å². The van der Waals surface area contributed by atoms with E-state index < -0.39 is 11.9 Å². The SMILES string of the molecule is CC1(C)CCCC(C)(C)N1.CC1(C)CCCC(C)(C)N1.O=C(O)c1ccccc1C(=O)O. The third kappa shape index (κ3) is 10.1. The molecule has 0 saturated carbocycles. The molecule has 0 radical (unpaired) electrons. The zero-order chi connectivity index (χ0) is 24.8. The van der Waals surface area contributed by atoms with Crippen molar-refractivity contribution in [1.82, 2.24) is 10.6 Å². The number of piperidine rings is 2. The van der Waals surface area contributed by atoms with Gasteiger partial charge in [-0.1, -0.05) is 12.1 Å². The highest BCUT2D eigenvalue weighted by molar-refractivity contribution is 6.01. The first-order valence-electron chi connectivity index (χ1n) is 11.6. The van der Waals surface area contributed by atoms with E-state index in [1.54, 1.807) is 0 Å². The van der Waals surface area contributed by atoms with Gasteiger partial charge in [0.25, 0.3) is 0 Å². The van der Waals surface area contributed by atoms with Gasteiger partial charge in [-0.25, -0.2) is 9.59 Å². The van der Waals surface area contributed by atoms with Crippen molar-refractivity contribution in [2.75, 3.05) is 0 Å². The number of carboxylic acid groups (broad SMARTS) is 2. The second-order valence-corrected chi connectivity index (χ2v) is 11.6. The van der Waals surface area contributed by atoms with E-state index in [1.165, 1.54) is 62.8 Å². The minimum absolute atomic E-state index is 0.190. The maximum atomic E-state index is 10.5. The number of aromatic carboxylic acids is 2. The lowest BCUT2D eigenvalue weighted by molar-refractivity contribution is 0.0651. The molecule has 0 aliphatic carbocycles. The fourth-order valence-corrected chi connectivity index (χ4v) is 4.88. The van der Waals surface area contributed by atoms with E-state index in [-0.39, 0.29) is 11.1 Å². The molecule has 6 nitrogen and oxygen atoms in total. The van der Waals surface area contributed by atoms with Crippen LogP contribution in [0, 0.1) is 0 Å². The highest BCUT2D eigenvalue weighted by Crippen LogP contribution is 2.28. The van der Waals surface area contributed by atoms with Crippen molar-refractivity contribution in [1.29, 1.82) is 0 Å². The van der Waals surface area contributed by atoms with Crippen LogP contribution in [-0.4, -0.2) is 44.3 Å². The number of rotatable bonds is 2. The Kier molecular flexibility index (Phi) is 9.49. The van der Waals surface area contributed by atoms with Gasteiger partial charge < -0.3 is 20.8 Å². The minimum atomic E-state index is -1.23. The van der Waals surface area contributed by atoms with E-state index in [9.17, 15) is 9.59 Å². The van der Waals surface area contributed by atoms with Gasteiger partial charge in [0, 0.05) is 22.2 Å². The average Bonchev–Trinajstić information content (AvgIpc) is 2.58. The quantitative estimate of drug-likeness (QED) is 0.462. The minimum Gasteiger partial charge on any atom is -0.478 e. The summed E-state index contributed by atoms with van der Waals surface area (Å²) in [6, 6.07) is 5.48. The Bertz CT molecular complexity index is 689. The van der Waals surface area contributed by atoms with Crippen LogP contribution in [-0.2, 0) is 0 Å². The fourth-order valence-electron chi connectivity index (χ4n) is 4.88. The molecule has 6 heteroatoms. The molecular formula is C26H44N2O4. The van der Waals surface area contributed by atoms with Crippen LogP contribution in [0.2, 0.25) is 0 Å². The molecule has 4 N–H and O–H groups in total. The summed E-state index contributed by atoms with van der Waals surface area (Å²) in [5.41, 5.74) is 1.07. The summed E-state index contributed by atoms with van der Waals surface area (Å²) in [6.45, 7) is 18.3. The van der Waals surface area contributed by atoms with E-state index >= 15 is 0 Å². The number of nitrogens with one attached hydrogen (secondary N) is 2. The molecule has 1 aromatic carbocycles. The maximum Gasteiger partial charge on any atom is 0.336 e. The number of hydrogen-bond acceptors (Lipinski definition) is 4. The summed E-state index contributed by atoms with van der Waals surface area (Å²) >= 11 is 0. The summed E-state index contributed by atoms with van der Waals surface area (Å²) < 4.78 is 0. The Labute approximate surface area is 194 Å². The van der Waals surface area contributed by atoms with E-state index in [0.29, 0.717) is 22.2 Å². The Morgan fingerprint density at radius 1 is 0.625 bits per heavy atom. The standard InChI is InChI=1S/2C9H19N.C8H6O4/c2*1-8(2)6-5-7-9(3,4)10-8;9-7(10)5-3-1-2-4-6(5)8(11)12/h2*10H,5-7H2,1-4H3;1-4H,(H,9,10)(H,11,12). The fraction of sp³-hybridized carbons (Fsp3) is 0.692. The van der Waals surface area contributed by atoms with Gasteiger partial charge in [0.15, 0.2) is 0 Å². The lowest BCUT2D eigenvalue weighted by Crippen LogP contribution is -2.55. The van der Waals surface area contributed by atoms with Crippen LogP contribution < -0.4 is 10.6 Å². The third-order valence-electron chi connectivity index (χ3n) is 5.95. The van der Waals surface area contributed by atoms with Gasteiger partial charge in [-0.05, 0) is 106 Å². The normalized spacial score (nSPS) is 22.2. The van der Waals surface area contributed by atoms with Crippen LogP contribution in [0.4, 0.5) is 0 Å². The molecule has 1 aromatic rings. The number of carbonyl (C=O) groups is 2. The summed E-state index contributed by atoms with van der Waals surface area (Å²) in [5.74, 6) is -2.46. The van der Waals surface area contributed by atoms with Gasteiger partial charge in [-0.15, -0.1) is 0 Å². The first-order chi connectivity index (χ1) is 14.5. The van der Waals surface area contributed by atoms with Crippen molar-refractivity contribution in [3.63, 3.8) is 0 Å². The van der Waals surface area contributed by atoms with Gasteiger partial charge in [0.1, 0.15) is 0 Å². The van der Waals surface area contributed by atoms with Crippen molar-refractivity contribution in [2.24, 2.45) is 0 Å². The predicted molar refractivity (Wildman–Crippen MR) is 131 cm³/mol. The molecule has 2 saturated heterocycles. The smallest absolute Gasteiger partial charge is 0.336 e. The second kappa shape index (κ2) is 10.8. The molecule has 0 atom stereocenters. The van der Waals surface area contributed by atoms with Crippen LogP contribution >= 0.6 is 0 Å². The topological polar surface area (TPSA) is 98.7 Å². The molecule has 0 spiro atoms. The first kappa shape index (κ1) is 28.1. The Morgan fingerprint density at radius 3 is 1.03 bits per heavy atom. The molecule has 182 valence electrons. The van der Waals surface area contributed by atoms with Gasteiger partial charge in [-0.3, -0.25) is 0 Å².